The molecule has 7 heteroatoms. The van der Waals surface area contributed by atoms with Crippen LogP contribution in [0.25, 0.3) is 0 Å². The molecule has 3 heterocycles. The van der Waals surface area contributed by atoms with Gasteiger partial charge in [-0.2, -0.15) is 0 Å². The van der Waals surface area contributed by atoms with Gasteiger partial charge in [-0.25, -0.2) is 4.99 Å². The maximum absolute atomic E-state index is 6.00. The Morgan fingerprint density at radius 2 is 2.32 bits per heavy atom. The summed E-state index contributed by atoms with van der Waals surface area (Å²) in [6, 6.07) is 2.62. The van der Waals surface area contributed by atoms with E-state index in [2.05, 4.69) is 46.5 Å². The van der Waals surface area contributed by atoms with Crippen LogP contribution in [0, 0.1) is 0 Å². The molecule has 1 aromatic rings. The zero-order valence-corrected chi connectivity index (χ0v) is 15.6. The maximum Gasteiger partial charge on any atom is 0.191 e. The molecule has 2 aliphatic rings. The molecule has 25 heavy (non-hydrogen) atoms. The van der Waals surface area contributed by atoms with Gasteiger partial charge in [0, 0.05) is 31.7 Å². The maximum atomic E-state index is 6.00. The van der Waals surface area contributed by atoms with Crippen molar-refractivity contribution >= 4 is 5.96 Å². The van der Waals surface area contributed by atoms with Gasteiger partial charge in [0.2, 0.25) is 0 Å². The Kier molecular flexibility index (Phi) is 6.31. The third-order valence-electron chi connectivity index (χ3n) is 4.86. The predicted octanol–water partition coefficient (Wildman–Crippen LogP) is 1.72. The monoisotopic (exact) mass is 349 g/mol. The minimum Gasteiger partial charge on any atom is -0.373 e. The first kappa shape index (κ1) is 18.2. The van der Waals surface area contributed by atoms with Gasteiger partial charge < -0.3 is 19.9 Å². The first-order valence-electron chi connectivity index (χ1n) is 9.49. The number of rotatable bonds is 6. The lowest BCUT2D eigenvalue weighted by molar-refractivity contribution is -0.0453. The van der Waals surface area contributed by atoms with Crippen molar-refractivity contribution in [2.24, 2.45) is 4.99 Å². The number of guanidine groups is 1. The van der Waals surface area contributed by atoms with Gasteiger partial charge in [0.15, 0.2) is 11.7 Å². The van der Waals surface area contributed by atoms with Crippen LogP contribution in [0.5, 0.6) is 0 Å². The number of morpholine rings is 1. The fraction of sp³-hybridized carbons (Fsp3) is 0.778. The molecule has 2 N–H and O–H groups in total. The Labute approximate surface area is 150 Å². The van der Waals surface area contributed by atoms with E-state index >= 15 is 0 Å². The summed E-state index contributed by atoms with van der Waals surface area (Å²) in [5.41, 5.74) is 0.971. The van der Waals surface area contributed by atoms with Crippen molar-refractivity contribution in [2.75, 3.05) is 32.8 Å². The smallest absolute Gasteiger partial charge is 0.191 e. The van der Waals surface area contributed by atoms with Gasteiger partial charge in [-0.1, -0.05) is 19.0 Å². The molecule has 2 atom stereocenters. The van der Waals surface area contributed by atoms with Crippen LogP contribution < -0.4 is 10.6 Å². The molecule has 0 radical (unpaired) electrons. The second kappa shape index (κ2) is 8.67. The van der Waals surface area contributed by atoms with Crippen LogP contribution in [0.1, 0.15) is 51.0 Å². The van der Waals surface area contributed by atoms with Crippen molar-refractivity contribution in [3.05, 3.63) is 17.5 Å². The van der Waals surface area contributed by atoms with E-state index in [9.17, 15) is 0 Å². The van der Waals surface area contributed by atoms with E-state index < -0.39 is 0 Å². The average molecular weight is 349 g/mol. The predicted molar refractivity (Wildman–Crippen MR) is 97.7 cm³/mol. The highest BCUT2D eigenvalue weighted by Gasteiger charge is 2.32. The molecule has 0 amide bonds. The highest BCUT2D eigenvalue weighted by atomic mass is 16.5. The van der Waals surface area contributed by atoms with E-state index in [-0.39, 0.29) is 6.10 Å². The number of ether oxygens (including phenoxy) is 1. The molecule has 7 nitrogen and oxygen atoms in total. The fourth-order valence-electron chi connectivity index (χ4n) is 3.39. The van der Waals surface area contributed by atoms with Gasteiger partial charge in [-0.15, -0.1) is 0 Å². The zero-order valence-electron chi connectivity index (χ0n) is 15.6. The number of nitrogens with one attached hydrogen (secondary N) is 2. The SMILES string of the molecule is CCNC(=NCc1cc(C(C)C)no1)NCC1CN2CCCC2CO1. The molecule has 0 spiro atoms. The van der Waals surface area contributed by atoms with Gasteiger partial charge >= 0.3 is 0 Å². The van der Waals surface area contributed by atoms with Crippen molar-refractivity contribution < 1.29 is 9.26 Å². The Morgan fingerprint density at radius 1 is 1.44 bits per heavy atom. The van der Waals surface area contributed by atoms with Crippen molar-refractivity contribution in [3.8, 4) is 0 Å². The van der Waals surface area contributed by atoms with Crippen LogP contribution in [0.2, 0.25) is 0 Å². The summed E-state index contributed by atoms with van der Waals surface area (Å²) in [6.07, 6.45) is 2.80. The normalized spacial score (nSPS) is 24.6. The molecule has 0 saturated carbocycles. The van der Waals surface area contributed by atoms with Gasteiger partial charge in [0.05, 0.1) is 18.4 Å². The quantitative estimate of drug-likeness (QED) is 0.602. The Balaban J connectivity index is 1.49. The van der Waals surface area contributed by atoms with E-state index in [0.29, 0.717) is 18.5 Å². The molecular formula is C18H31N5O2. The van der Waals surface area contributed by atoms with Gasteiger partial charge in [-0.3, -0.25) is 4.90 Å². The van der Waals surface area contributed by atoms with Crippen molar-refractivity contribution in [2.45, 2.75) is 58.2 Å². The van der Waals surface area contributed by atoms with E-state index in [1.165, 1.54) is 19.4 Å². The molecule has 2 fully saturated rings. The second-order valence-corrected chi connectivity index (χ2v) is 7.20. The van der Waals surface area contributed by atoms with Crippen molar-refractivity contribution in [1.82, 2.24) is 20.7 Å². The second-order valence-electron chi connectivity index (χ2n) is 7.20. The molecule has 0 aliphatic carbocycles. The standard InChI is InChI=1S/C18H31N5O2/c1-4-19-18(20-9-15-8-17(13(2)3)22-25-15)21-10-16-11-23-7-5-6-14(23)12-24-16/h8,13-14,16H,4-7,9-12H2,1-3H3,(H2,19,20,21). The summed E-state index contributed by atoms with van der Waals surface area (Å²) < 4.78 is 11.3. The molecule has 1 aromatic heterocycles. The Bertz CT molecular complexity index is 572. The molecule has 140 valence electrons. The average Bonchev–Trinajstić information content (AvgIpc) is 3.25. The number of fused-ring (bicyclic) bond motifs is 1. The van der Waals surface area contributed by atoms with Crippen molar-refractivity contribution in [1.29, 1.82) is 0 Å². The van der Waals surface area contributed by atoms with Crippen LogP contribution in [0.15, 0.2) is 15.6 Å². The summed E-state index contributed by atoms with van der Waals surface area (Å²) in [5.74, 6) is 1.94. The third kappa shape index (κ3) is 4.95. The largest absolute Gasteiger partial charge is 0.373 e. The lowest BCUT2D eigenvalue weighted by Crippen LogP contribution is -2.51. The first-order chi connectivity index (χ1) is 12.2. The topological polar surface area (TPSA) is 74.9 Å². The summed E-state index contributed by atoms with van der Waals surface area (Å²) in [6.45, 7) is 11.4. The lowest BCUT2D eigenvalue weighted by atomic mass is 10.1. The molecular weight excluding hydrogens is 318 g/mol. The fourth-order valence-corrected chi connectivity index (χ4v) is 3.39. The van der Waals surface area contributed by atoms with E-state index in [1.807, 2.05) is 6.07 Å². The summed E-state index contributed by atoms with van der Waals surface area (Å²) in [7, 11) is 0. The number of hydrogen-bond donors (Lipinski definition) is 2. The highest BCUT2D eigenvalue weighted by molar-refractivity contribution is 5.79. The molecule has 0 bridgehead atoms. The number of aromatic nitrogens is 1. The van der Waals surface area contributed by atoms with E-state index in [1.54, 1.807) is 0 Å². The Morgan fingerprint density at radius 3 is 3.08 bits per heavy atom. The van der Waals surface area contributed by atoms with Gasteiger partial charge in [0.25, 0.3) is 0 Å². The van der Waals surface area contributed by atoms with Crippen LogP contribution in [0.3, 0.4) is 0 Å². The van der Waals surface area contributed by atoms with E-state index in [0.717, 1.165) is 43.7 Å². The summed E-state index contributed by atoms with van der Waals surface area (Å²) in [5, 5.41) is 10.8. The van der Waals surface area contributed by atoms with Crippen LogP contribution in [-0.4, -0.2) is 60.9 Å². The third-order valence-corrected chi connectivity index (χ3v) is 4.86. The van der Waals surface area contributed by atoms with Crippen LogP contribution >= 0.6 is 0 Å². The molecule has 3 rings (SSSR count). The van der Waals surface area contributed by atoms with Crippen LogP contribution in [-0.2, 0) is 11.3 Å². The lowest BCUT2D eigenvalue weighted by Gasteiger charge is -2.35. The minimum atomic E-state index is 0.219. The van der Waals surface area contributed by atoms with Crippen molar-refractivity contribution in [3.63, 3.8) is 0 Å². The number of nitrogens with zero attached hydrogens (tertiary/aromatic N) is 3. The number of aliphatic imine (C=N–C) groups is 1. The van der Waals surface area contributed by atoms with Gasteiger partial charge in [0.1, 0.15) is 6.54 Å². The summed E-state index contributed by atoms with van der Waals surface area (Å²) >= 11 is 0. The molecule has 2 saturated heterocycles. The molecule has 2 unspecified atom stereocenters. The molecule has 2 aliphatic heterocycles. The zero-order chi connectivity index (χ0) is 17.6. The highest BCUT2D eigenvalue weighted by Crippen LogP contribution is 2.22. The summed E-state index contributed by atoms with van der Waals surface area (Å²) in [4.78, 5) is 7.16. The molecule has 0 aromatic carbocycles. The van der Waals surface area contributed by atoms with Crippen LogP contribution in [0.4, 0.5) is 0 Å². The Hall–Kier alpha value is -1.60. The number of hydrogen-bond acceptors (Lipinski definition) is 5. The minimum absolute atomic E-state index is 0.219. The van der Waals surface area contributed by atoms with Gasteiger partial charge in [-0.05, 0) is 32.2 Å². The first-order valence-corrected chi connectivity index (χ1v) is 9.49. The van der Waals surface area contributed by atoms with E-state index in [4.69, 9.17) is 9.26 Å².